The molecule has 0 fully saturated rings. The minimum atomic E-state index is -0.0938. The molecule has 0 aliphatic heterocycles. The molecule has 0 aliphatic rings. The van der Waals surface area contributed by atoms with Gasteiger partial charge in [-0.1, -0.05) is 41.4 Å². The lowest BCUT2D eigenvalue weighted by molar-refractivity contribution is 0.492. The Balaban J connectivity index is 2.09. The van der Waals surface area contributed by atoms with E-state index in [9.17, 15) is 0 Å². The molecule has 2 nitrogen and oxygen atoms in total. The zero-order valence-electron chi connectivity index (χ0n) is 10.1. The second kappa shape index (κ2) is 5.17. The van der Waals surface area contributed by atoms with Gasteiger partial charge in [0.05, 0.1) is 14.7 Å². The lowest BCUT2D eigenvalue weighted by Crippen LogP contribution is -2.16. The van der Waals surface area contributed by atoms with Crippen LogP contribution in [0.5, 0.6) is 0 Å². The second-order valence-electron chi connectivity index (χ2n) is 4.19. The molecule has 0 bridgehead atoms. The summed E-state index contributed by atoms with van der Waals surface area (Å²) in [6.07, 6.45) is 0. The van der Waals surface area contributed by atoms with Gasteiger partial charge in [0, 0.05) is 10.9 Å². The van der Waals surface area contributed by atoms with Crippen molar-refractivity contribution in [2.45, 2.75) is 6.04 Å². The van der Waals surface area contributed by atoms with E-state index in [1.807, 2.05) is 43.4 Å². The first-order chi connectivity index (χ1) is 9.19. The van der Waals surface area contributed by atoms with Gasteiger partial charge in [-0.25, -0.2) is 0 Å². The van der Waals surface area contributed by atoms with Crippen LogP contribution in [0.4, 0.5) is 0 Å². The van der Waals surface area contributed by atoms with Crippen molar-refractivity contribution in [3.05, 3.63) is 56.4 Å². The van der Waals surface area contributed by atoms with Crippen molar-refractivity contribution in [3.63, 3.8) is 0 Å². The van der Waals surface area contributed by atoms with Gasteiger partial charge in [0.1, 0.15) is 11.3 Å². The highest BCUT2D eigenvalue weighted by Gasteiger charge is 2.21. The average Bonchev–Trinajstić information content (AvgIpc) is 2.94. The van der Waals surface area contributed by atoms with E-state index in [4.69, 9.17) is 27.6 Å². The predicted octanol–water partition coefficient (Wildman–Crippen LogP) is 5.11. The maximum Gasteiger partial charge on any atom is 0.134 e. The Morgan fingerprint density at radius 3 is 2.63 bits per heavy atom. The summed E-state index contributed by atoms with van der Waals surface area (Å²) in [5.74, 6) is 0.833. The molecular weight excluding hydrogens is 301 g/mol. The molecule has 19 heavy (non-hydrogen) atoms. The standard InChI is InChI=1S/C14H11Cl2NOS/c1-17-13(9-7-12(15)19-14(9)16)11-6-8-4-2-3-5-10(8)18-11/h2-7,13,17H,1H3. The number of furan rings is 1. The van der Waals surface area contributed by atoms with Gasteiger partial charge in [0.25, 0.3) is 0 Å². The normalized spacial score (nSPS) is 13.0. The summed E-state index contributed by atoms with van der Waals surface area (Å²) < 4.78 is 7.24. The largest absolute Gasteiger partial charge is 0.459 e. The van der Waals surface area contributed by atoms with Gasteiger partial charge in [-0.15, -0.1) is 11.3 Å². The summed E-state index contributed by atoms with van der Waals surface area (Å²) in [6, 6.07) is 11.7. The Morgan fingerprint density at radius 2 is 2.00 bits per heavy atom. The monoisotopic (exact) mass is 311 g/mol. The van der Waals surface area contributed by atoms with E-state index in [1.165, 1.54) is 11.3 Å². The molecule has 1 N–H and O–H groups in total. The highest BCUT2D eigenvalue weighted by Crippen LogP contribution is 2.38. The minimum Gasteiger partial charge on any atom is -0.459 e. The zero-order chi connectivity index (χ0) is 13.4. The number of hydrogen-bond donors (Lipinski definition) is 1. The SMILES string of the molecule is CNC(c1cc2ccccc2o1)c1cc(Cl)sc1Cl. The van der Waals surface area contributed by atoms with Crippen LogP contribution in [0.15, 0.2) is 40.8 Å². The van der Waals surface area contributed by atoms with Crippen LogP contribution in [0.3, 0.4) is 0 Å². The third kappa shape index (κ3) is 2.39. The van der Waals surface area contributed by atoms with Crippen molar-refractivity contribution in [3.8, 4) is 0 Å². The van der Waals surface area contributed by atoms with E-state index in [-0.39, 0.29) is 6.04 Å². The Kier molecular flexibility index (Phi) is 3.54. The number of halogens is 2. The fourth-order valence-corrected chi connectivity index (χ4v) is 3.68. The van der Waals surface area contributed by atoms with Crippen LogP contribution in [0.1, 0.15) is 17.4 Å². The number of benzene rings is 1. The molecule has 1 aromatic carbocycles. The summed E-state index contributed by atoms with van der Waals surface area (Å²) in [5.41, 5.74) is 1.81. The Labute approximate surface area is 124 Å². The number of para-hydroxylation sites is 1. The zero-order valence-corrected chi connectivity index (χ0v) is 12.4. The first kappa shape index (κ1) is 13.0. The fourth-order valence-electron chi connectivity index (χ4n) is 2.15. The summed E-state index contributed by atoms with van der Waals surface area (Å²) in [4.78, 5) is 0. The summed E-state index contributed by atoms with van der Waals surface area (Å²) in [6.45, 7) is 0. The van der Waals surface area contributed by atoms with Crippen LogP contribution < -0.4 is 5.32 Å². The topological polar surface area (TPSA) is 25.2 Å². The van der Waals surface area contributed by atoms with Gasteiger partial charge < -0.3 is 9.73 Å². The first-order valence-electron chi connectivity index (χ1n) is 5.79. The molecule has 2 aromatic heterocycles. The average molecular weight is 312 g/mol. The van der Waals surface area contributed by atoms with E-state index in [2.05, 4.69) is 5.32 Å². The highest BCUT2D eigenvalue weighted by molar-refractivity contribution is 7.20. The number of nitrogens with one attached hydrogen (secondary N) is 1. The summed E-state index contributed by atoms with van der Waals surface area (Å²) in [5, 5.41) is 4.30. The third-order valence-corrected chi connectivity index (χ3v) is 4.53. The molecule has 2 heterocycles. The molecule has 0 aliphatic carbocycles. The highest BCUT2D eigenvalue weighted by atomic mass is 35.5. The van der Waals surface area contributed by atoms with Gasteiger partial charge in [-0.2, -0.15) is 0 Å². The Hall–Kier alpha value is -1.00. The van der Waals surface area contributed by atoms with Gasteiger partial charge in [0.15, 0.2) is 0 Å². The van der Waals surface area contributed by atoms with Crippen molar-refractivity contribution in [1.82, 2.24) is 5.32 Å². The molecule has 1 atom stereocenters. The van der Waals surface area contributed by atoms with Gasteiger partial charge in [-0.05, 0) is 25.2 Å². The summed E-state index contributed by atoms with van der Waals surface area (Å²) in [7, 11) is 1.87. The van der Waals surface area contributed by atoms with Crippen LogP contribution in [0.2, 0.25) is 8.67 Å². The number of hydrogen-bond acceptors (Lipinski definition) is 3. The van der Waals surface area contributed by atoms with Crippen LogP contribution in [0, 0.1) is 0 Å². The van der Waals surface area contributed by atoms with E-state index >= 15 is 0 Å². The van der Waals surface area contributed by atoms with Crippen molar-refractivity contribution in [2.24, 2.45) is 0 Å². The van der Waals surface area contributed by atoms with E-state index in [1.54, 1.807) is 0 Å². The minimum absolute atomic E-state index is 0.0938. The van der Waals surface area contributed by atoms with Crippen molar-refractivity contribution in [1.29, 1.82) is 0 Å². The molecule has 98 valence electrons. The molecule has 0 saturated heterocycles. The van der Waals surface area contributed by atoms with E-state index in [0.717, 1.165) is 22.3 Å². The first-order valence-corrected chi connectivity index (χ1v) is 7.36. The van der Waals surface area contributed by atoms with Gasteiger partial charge in [0.2, 0.25) is 0 Å². The van der Waals surface area contributed by atoms with Crippen LogP contribution in [-0.2, 0) is 0 Å². The maximum absolute atomic E-state index is 6.22. The second-order valence-corrected chi connectivity index (χ2v) is 6.47. The molecule has 3 aromatic rings. The number of thiophene rings is 1. The molecule has 1 unspecified atom stereocenters. The van der Waals surface area contributed by atoms with Crippen LogP contribution in [0.25, 0.3) is 11.0 Å². The lowest BCUT2D eigenvalue weighted by atomic mass is 10.1. The van der Waals surface area contributed by atoms with Crippen molar-refractivity contribution in [2.75, 3.05) is 7.05 Å². The van der Waals surface area contributed by atoms with Gasteiger partial charge >= 0.3 is 0 Å². The summed E-state index contributed by atoms with van der Waals surface area (Å²) >= 11 is 13.6. The van der Waals surface area contributed by atoms with Crippen molar-refractivity contribution < 1.29 is 4.42 Å². The predicted molar refractivity (Wildman–Crippen MR) is 81.5 cm³/mol. The van der Waals surface area contributed by atoms with E-state index < -0.39 is 0 Å². The van der Waals surface area contributed by atoms with Gasteiger partial charge in [-0.3, -0.25) is 0 Å². The van der Waals surface area contributed by atoms with E-state index in [0.29, 0.717) is 8.67 Å². The molecule has 0 radical (unpaired) electrons. The Bertz CT molecular complexity index is 686. The molecular formula is C14H11Cl2NOS. The number of fused-ring (bicyclic) bond motifs is 1. The third-order valence-electron chi connectivity index (χ3n) is 3.01. The number of rotatable bonds is 3. The maximum atomic E-state index is 6.22. The molecule has 5 heteroatoms. The lowest BCUT2D eigenvalue weighted by Gasteiger charge is -2.12. The van der Waals surface area contributed by atoms with Crippen LogP contribution >= 0.6 is 34.5 Å². The molecule has 0 amide bonds. The molecule has 3 rings (SSSR count). The molecule has 0 saturated carbocycles. The fraction of sp³-hybridized carbons (Fsp3) is 0.143. The molecule has 0 spiro atoms. The van der Waals surface area contributed by atoms with Crippen LogP contribution in [-0.4, -0.2) is 7.05 Å². The Morgan fingerprint density at radius 1 is 1.21 bits per heavy atom. The quantitative estimate of drug-likeness (QED) is 0.727. The van der Waals surface area contributed by atoms with Crippen molar-refractivity contribution >= 4 is 45.5 Å². The smallest absolute Gasteiger partial charge is 0.134 e.